The van der Waals surface area contributed by atoms with E-state index in [9.17, 15) is 4.79 Å². The second kappa shape index (κ2) is 6.75. The van der Waals surface area contributed by atoms with Crippen molar-refractivity contribution in [2.75, 3.05) is 6.61 Å². The zero-order chi connectivity index (χ0) is 14.4. The van der Waals surface area contributed by atoms with Gasteiger partial charge in [0, 0.05) is 0 Å². The third kappa shape index (κ3) is 3.85. The van der Waals surface area contributed by atoms with Gasteiger partial charge in [-0.2, -0.15) is 0 Å². The van der Waals surface area contributed by atoms with Gasteiger partial charge in [0.1, 0.15) is 0 Å². The van der Waals surface area contributed by atoms with Gasteiger partial charge in [-0.25, -0.2) is 4.79 Å². The molecule has 0 atom stereocenters. The van der Waals surface area contributed by atoms with Gasteiger partial charge >= 0.3 is 5.97 Å². The normalized spacial score (nSPS) is 10.3. The van der Waals surface area contributed by atoms with E-state index in [1.54, 1.807) is 36.4 Å². The molecule has 0 unspecified atom stereocenters. The number of carbonyl (C=O) groups is 1. The first-order chi connectivity index (χ1) is 9.66. The Morgan fingerprint density at radius 1 is 0.950 bits per heavy atom. The fourth-order valence-electron chi connectivity index (χ4n) is 1.64. The highest BCUT2D eigenvalue weighted by Crippen LogP contribution is 2.27. The summed E-state index contributed by atoms with van der Waals surface area (Å²) in [5.41, 5.74) is 0.520. The molecule has 20 heavy (non-hydrogen) atoms. The highest BCUT2D eigenvalue weighted by Gasteiger charge is 2.12. The predicted octanol–water partition coefficient (Wildman–Crippen LogP) is 3.94. The molecule has 3 heteroatoms. The maximum atomic E-state index is 12.0. The molecule has 0 amide bonds. The molecule has 2 aromatic rings. The van der Waals surface area contributed by atoms with Crippen molar-refractivity contribution >= 4 is 5.97 Å². The Morgan fingerprint density at radius 3 is 2.20 bits per heavy atom. The zero-order valence-corrected chi connectivity index (χ0v) is 11.7. The van der Waals surface area contributed by atoms with Crippen LogP contribution in [0.15, 0.2) is 54.6 Å². The molecule has 0 saturated heterocycles. The summed E-state index contributed by atoms with van der Waals surface area (Å²) in [5, 5.41) is 0. The molecular formula is C17H18O3. The van der Waals surface area contributed by atoms with Crippen LogP contribution in [0.5, 0.6) is 11.5 Å². The number of para-hydroxylation sites is 2. The van der Waals surface area contributed by atoms with Gasteiger partial charge in [-0.15, -0.1) is 0 Å². The summed E-state index contributed by atoms with van der Waals surface area (Å²) in [5.74, 6) is 1.06. The van der Waals surface area contributed by atoms with E-state index in [-0.39, 0.29) is 5.97 Å². The minimum Gasteiger partial charge on any atom is -0.489 e. The van der Waals surface area contributed by atoms with Gasteiger partial charge in [0.25, 0.3) is 0 Å². The second-order valence-corrected chi connectivity index (χ2v) is 4.91. The molecule has 0 aliphatic heterocycles. The monoisotopic (exact) mass is 270 g/mol. The van der Waals surface area contributed by atoms with E-state index in [2.05, 4.69) is 13.8 Å². The Balaban J connectivity index is 2.11. The van der Waals surface area contributed by atoms with Gasteiger partial charge in [-0.05, 0) is 30.2 Å². The molecule has 104 valence electrons. The van der Waals surface area contributed by atoms with Gasteiger partial charge in [0.15, 0.2) is 11.5 Å². The van der Waals surface area contributed by atoms with Crippen LogP contribution in [0.4, 0.5) is 0 Å². The van der Waals surface area contributed by atoms with Crippen molar-refractivity contribution in [1.29, 1.82) is 0 Å². The lowest BCUT2D eigenvalue weighted by Gasteiger charge is -2.12. The molecule has 0 spiro atoms. The predicted molar refractivity (Wildman–Crippen MR) is 78.2 cm³/mol. The van der Waals surface area contributed by atoms with Gasteiger partial charge in [-0.1, -0.05) is 44.2 Å². The number of rotatable bonds is 5. The Morgan fingerprint density at radius 2 is 1.55 bits per heavy atom. The van der Waals surface area contributed by atoms with Crippen LogP contribution in [0.3, 0.4) is 0 Å². The third-order valence-corrected chi connectivity index (χ3v) is 2.63. The maximum Gasteiger partial charge on any atom is 0.343 e. The topological polar surface area (TPSA) is 35.5 Å². The zero-order valence-electron chi connectivity index (χ0n) is 11.7. The fourth-order valence-corrected chi connectivity index (χ4v) is 1.64. The summed E-state index contributed by atoms with van der Waals surface area (Å²) in [6, 6.07) is 16.1. The molecule has 0 aliphatic carbocycles. The summed E-state index contributed by atoms with van der Waals surface area (Å²) in [6.45, 7) is 4.72. The second-order valence-electron chi connectivity index (χ2n) is 4.91. The number of hydrogen-bond acceptors (Lipinski definition) is 3. The Bertz CT molecular complexity index is 561. The van der Waals surface area contributed by atoms with Crippen LogP contribution in [0.1, 0.15) is 24.2 Å². The third-order valence-electron chi connectivity index (χ3n) is 2.63. The van der Waals surface area contributed by atoms with Crippen molar-refractivity contribution in [3.8, 4) is 11.5 Å². The molecule has 0 bridgehead atoms. The molecule has 0 heterocycles. The quantitative estimate of drug-likeness (QED) is 0.609. The highest BCUT2D eigenvalue weighted by atomic mass is 16.6. The summed E-state index contributed by atoms with van der Waals surface area (Å²) < 4.78 is 11.1. The van der Waals surface area contributed by atoms with Crippen molar-refractivity contribution < 1.29 is 14.3 Å². The molecule has 0 radical (unpaired) electrons. The number of ether oxygens (including phenoxy) is 2. The lowest BCUT2D eigenvalue weighted by atomic mass is 10.2. The molecule has 3 nitrogen and oxygen atoms in total. The standard InChI is InChI=1S/C17H18O3/c1-13(2)12-19-15-10-6-7-11-16(15)20-17(18)14-8-4-3-5-9-14/h3-11,13H,12H2,1-2H3. The maximum absolute atomic E-state index is 12.0. The molecule has 0 saturated carbocycles. The first kappa shape index (κ1) is 14.1. The largest absolute Gasteiger partial charge is 0.489 e. The van der Waals surface area contributed by atoms with Gasteiger partial charge < -0.3 is 9.47 Å². The number of benzene rings is 2. The van der Waals surface area contributed by atoms with E-state index in [0.717, 1.165) is 0 Å². The minimum absolute atomic E-state index is 0.383. The van der Waals surface area contributed by atoms with E-state index < -0.39 is 0 Å². The van der Waals surface area contributed by atoms with Crippen LogP contribution < -0.4 is 9.47 Å². The Labute approximate surface area is 119 Å². The smallest absolute Gasteiger partial charge is 0.343 e. The van der Waals surface area contributed by atoms with E-state index in [1.807, 2.05) is 18.2 Å². The minimum atomic E-state index is -0.383. The summed E-state index contributed by atoms with van der Waals surface area (Å²) in [6.07, 6.45) is 0. The summed E-state index contributed by atoms with van der Waals surface area (Å²) in [7, 11) is 0. The molecule has 0 aliphatic rings. The number of esters is 1. The van der Waals surface area contributed by atoms with Crippen molar-refractivity contribution in [3.63, 3.8) is 0 Å². The number of hydrogen-bond donors (Lipinski definition) is 0. The van der Waals surface area contributed by atoms with E-state index in [4.69, 9.17) is 9.47 Å². The Hall–Kier alpha value is -2.29. The molecule has 0 N–H and O–H groups in total. The molecule has 0 aromatic heterocycles. The summed E-state index contributed by atoms with van der Waals surface area (Å²) >= 11 is 0. The molecular weight excluding hydrogens is 252 g/mol. The van der Waals surface area contributed by atoms with E-state index in [0.29, 0.717) is 29.6 Å². The molecule has 0 fully saturated rings. The van der Waals surface area contributed by atoms with Crippen molar-refractivity contribution in [1.82, 2.24) is 0 Å². The van der Waals surface area contributed by atoms with Crippen LogP contribution in [0.2, 0.25) is 0 Å². The average molecular weight is 270 g/mol. The Kier molecular flexibility index (Phi) is 4.77. The van der Waals surface area contributed by atoms with Gasteiger partial charge in [0.2, 0.25) is 0 Å². The average Bonchev–Trinajstić information content (AvgIpc) is 2.47. The van der Waals surface area contributed by atoms with E-state index in [1.165, 1.54) is 0 Å². The highest BCUT2D eigenvalue weighted by molar-refractivity contribution is 5.91. The van der Waals surface area contributed by atoms with Crippen LogP contribution in [-0.4, -0.2) is 12.6 Å². The first-order valence-corrected chi connectivity index (χ1v) is 6.66. The van der Waals surface area contributed by atoms with Gasteiger partial charge in [0.05, 0.1) is 12.2 Å². The van der Waals surface area contributed by atoms with Crippen molar-refractivity contribution in [2.45, 2.75) is 13.8 Å². The lowest BCUT2D eigenvalue weighted by Crippen LogP contribution is -2.10. The van der Waals surface area contributed by atoms with Crippen LogP contribution in [0.25, 0.3) is 0 Å². The van der Waals surface area contributed by atoms with Crippen LogP contribution >= 0.6 is 0 Å². The van der Waals surface area contributed by atoms with Crippen LogP contribution in [-0.2, 0) is 0 Å². The van der Waals surface area contributed by atoms with E-state index >= 15 is 0 Å². The van der Waals surface area contributed by atoms with Crippen molar-refractivity contribution in [3.05, 3.63) is 60.2 Å². The SMILES string of the molecule is CC(C)COc1ccccc1OC(=O)c1ccccc1. The van der Waals surface area contributed by atoms with Crippen LogP contribution in [0, 0.1) is 5.92 Å². The first-order valence-electron chi connectivity index (χ1n) is 6.66. The van der Waals surface area contributed by atoms with Gasteiger partial charge in [-0.3, -0.25) is 0 Å². The summed E-state index contributed by atoms with van der Waals surface area (Å²) in [4.78, 5) is 12.0. The lowest BCUT2D eigenvalue weighted by molar-refractivity contribution is 0.0727. The molecule has 2 aromatic carbocycles. The molecule has 2 rings (SSSR count). The fraction of sp³-hybridized carbons (Fsp3) is 0.235. The number of carbonyl (C=O) groups excluding carboxylic acids is 1. The van der Waals surface area contributed by atoms with Crippen molar-refractivity contribution in [2.24, 2.45) is 5.92 Å².